The van der Waals surface area contributed by atoms with Crippen LogP contribution in [-0.4, -0.2) is 45.2 Å². The van der Waals surface area contributed by atoms with Gasteiger partial charge in [-0.05, 0) is 53.4 Å². The third kappa shape index (κ3) is 3.98. The van der Waals surface area contributed by atoms with Gasteiger partial charge in [-0.1, -0.05) is 42.5 Å². The summed E-state index contributed by atoms with van der Waals surface area (Å²) in [6.45, 7) is 0.837. The average Bonchev–Trinajstić information content (AvgIpc) is 3.26. The Morgan fingerprint density at radius 3 is 2.53 bits per heavy atom. The number of carbonyl (C=O) groups is 1. The van der Waals surface area contributed by atoms with E-state index < -0.39 is 9.84 Å². The Morgan fingerprint density at radius 2 is 1.77 bits per heavy atom. The van der Waals surface area contributed by atoms with Crippen LogP contribution in [0.4, 0.5) is 0 Å². The monoisotopic (exact) mass is 423 g/mol. The average molecular weight is 424 g/mol. The second-order valence-corrected chi connectivity index (χ2v) is 9.67. The Labute approximate surface area is 177 Å². The Kier molecular flexibility index (Phi) is 5.88. The summed E-state index contributed by atoms with van der Waals surface area (Å²) < 4.78 is 29.5. The zero-order valence-corrected chi connectivity index (χ0v) is 17.8. The van der Waals surface area contributed by atoms with Gasteiger partial charge in [-0.3, -0.25) is 4.79 Å². The molecule has 0 aromatic heterocycles. The van der Waals surface area contributed by atoms with Gasteiger partial charge in [-0.25, -0.2) is 8.42 Å². The quantitative estimate of drug-likeness (QED) is 0.595. The van der Waals surface area contributed by atoms with Gasteiger partial charge in [0.05, 0.1) is 23.3 Å². The van der Waals surface area contributed by atoms with E-state index in [2.05, 4.69) is 24.3 Å². The molecule has 1 amide bonds. The first kappa shape index (κ1) is 20.6. The molecule has 1 unspecified atom stereocenters. The number of nitrogens with zero attached hydrogens (tertiary/aromatic N) is 1. The largest absolute Gasteiger partial charge is 0.384 e. The zero-order chi connectivity index (χ0) is 21.1. The first-order valence-corrected chi connectivity index (χ1v) is 11.8. The van der Waals surface area contributed by atoms with E-state index in [0.29, 0.717) is 12.1 Å². The minimum absolute atomic E-state index is 0.0220. The van der Waals surface area contributed by atoms with Crippen molar-refractivity contribution in [2.45, 2.75) is 23.8 Å². The number of benzene rings is 3. The maximum absolute atomic E-state index is 13.3. The summed E-state index contributed by atoms with van der Waals surface area (Å²) in [4.78, 5) is 15.4. The molecule has 3 aromatic rings. The smallest absolute Gasteiger partial charge is 0.254 e. The molecular weight excluding hydrogens is 398 g/mol. The molecule has 1 heterocycles. The van der Waals surface area contributed by atoms with E-state index >= 15 is 0 Å². The Morgan fingerprint density at radius 1 is 1.03 bits per heavy atom. The number of likely N-dealkylation sites (tertiary alicyclic amines) is 1. The Hall–Kier alpha value is -2.70. The van der Waals surface area contributed by atoms with Crippen molar-refractivity contribution in [1.82, 2.24) is 4.90 Å². The lowest BCUT2D eigenvalue weighted by Gasteiger charge is -2.26. The highest BCUT2D eigenvalue weighted by Crippen LogP contribution is 2.36. The van der Waals surface area contributed by atoms with Gasteiger partial charge in [-0.15, -0.1) is 0 Å². The van der Waals surface area contributed by atoms with E-state index in [4.69, 9.17) is 4.74 Å². The van der Waals surface area contributed by atoms with Crippen LogP contribution < -0.4 is 0 Å². The van der Waals surface area contributed by atoms with Crippen LogP contribution >= 0.6 is 0 Å². The standard InChI is InChI=1S/C24H25NO4S/c1-29-16-17-30(27,28)20-13-11-19(12-14-20)24(26)25-15-5-10-23(25)22-9-4-7-18-6-2-3-8-21(18)22/h2-4,6-9,11-14,23H,5,10,15-17H2,1H3. The van der Waals surface area contributed by atoms with Gasteiger partial charge in [0.15, 0.2) is 9.84 Å². The van der Waals surface area contributed by atoms with Crippen LogP contribution in [0, 0.1) is 0 Å². The number of methoxy groups -OCH3 is 1. The topological polar surface area (TPSA) is 63.7 Å². The van der Waals surface area contributed by atoms with Gasteiger partial charge in [0, 0.05) is 19.2 Å². The lowest BCUT2D eigenvalue weighted by Crippen LogP contribution is -2.30. The van der Waals surface area contributed by atoms with E-state index in [-0.39, 0.29) is 29.2 Å². The van der Waals surface area contributed by atoms with Crippen LogP contribution in [0.1, 0.15) is 34.8 Å². The summed E-state index contributed by atoms with van der Waals surface area (Å²) in [7, 11) is -1.94. The first-order chi connectivity index (χ1) is 14.5. The number of carbonyl (C=O) groups excluding carboxylic acids is 1. The molecule has 3 aromatic carbocycles. The summed E-state index contributed by atoms with van der Waals surface area (Å²) >= 11 is 0. The molecule has 1 saturated heterocycles. The number of sulfone groups is 1. The molecule has 5 nitrogen and oxygen atoms in total. The minimum atomic E-state index is -3.41. The molecule has 4 rings (SSSR count). The number of hydrogen-bond donors (Lipinski definition) is 0. The number of rotatable bonds is 6. The van der Waals surface area contributed by atoms with Crippen LogP contribution in [-0.2, 0) is 14.6 Å². The molecule has 1 fully saturated rings. The van der Waals surface area contributed by atoms with Gasteiger partial charge in [0.2, 0.25) is 0 Å². The van der Waals surface area contributed by atoms with E-state index in [0.717, 1.165) is 18.4 Å². The molecule has 0 radical (unpaired) electrons. The SMILES string of the molecule is COCCS(=O)(=O)c1ccc(C(=O)N2CCCC2c2cccc3ccccc23)cc1. The molecule has 0 bridgehead atoms. The minimum Gasteiger partial charge on any atom is -0.384 e. The van der Waals surface area contributed by atoms with E-state index in [1.54, 1.807) is 12.1 Å². The summed E-state index contributed by atoms with van der Waals surface area (Å²) in [6, 6.07) is 20.7. The Balaban J connectivity index is 1.60. The van der Waals surface area contributed by atoms with Gasteiger partial charge >= 0.3 is 0 Å². The van der Waals surface area contributed by atoms with Crippen LogP contribution in [0.3, 0.4) is 0 Å². The number of ether oxygens (including phenoxy) is 1. The van der Waals surface area contributed by atoms with Crippen molar-refractivity contribution in [1.29, 1.82) is 0 Å². The third-order valence-corrected chi connectivity index (χ3v) is 7.41. The molecular formula is C24H25NO4S. The predicted octanol–water partition coefficient (Wildman–Crippen LogP) is 4.24. The van der Waals surface area contributed by atoms with Crippen molar-refractivity contribution in [3.63, 3.8) is 0 Å². The lowest BCUT2D eigenvalue weighted by atomic mass is 9.97. The molecule has 1 atom stereocenters. The van der Waals surface area contributed by atoms with E-state index in [1.165, 1.54) is 30.0 Å². The molecule has 0 N–H and O–H groups in total. The van der Waals surface area contributed by atoms with Gasteiger partial charge in [0.25, 0.3) is 5.91 Å². The summed E-state index contributed by atoms with van der Waals surface area (Å²) in [6.07, 6.45) is 1.87. The van der Waals surface area contributed by atoms with Crippen molar-refractivity contribution in [3.8, 4) is 0 Å². The lowest BCUT2D eigenvalue weighted by molar-refractivity contribution is 0.0736. The first-order valence-electron chi connectivity index (χ1n) is 10.1. The second-order valence-electron chi connectivity index (χ2n) is 7.56. The van der Waals surface area contributed by atoms with Crippen LogP contribution in [0.25, 0.3) is 10.8 Å². The van der Waals surface area contributed by atoms with Crippen molar-refractivity contribution < 1.29 is 17.9 Å². The van der Waals surface area contributed by atoms with Crippen molar-refractivity contribution in [3.05, 3.63) is 77.9 Å². The van der Waals surface area contributed by atoms with E-state index in [1.807, 2.05) is 23.1 Å². The summed E-state index contributed by atoms with van der Waals surface area (Å²) in [5.41, 5.74) is 1.67. The summed E-state index contributed by atoms with van der Waals surface area (Å²) in [5, 5.41) is 2.34. The molecule has 0 spiro atoms. The molecule has 30 heavy (non-hydrogen) atoms. The molecule has 1 aliphatic heterocycles. The zero-order valence-electron chi connectivity index (χ0n) is 17.0. The third-order valence-electron chi connectivity index (χ3n) is 5.71. The van der Waals surface area contributed by atoms with Crippen LogP contribution in [0.5, 0.6) is 0 Å². The van der Waals surface area contributed by atoms with Gasteiger partial charge < -0.3 is 9.64 Å². The number of amides is 1. The highest BCUT2D eigenvalue weighted by molar-refractivity contribution is 7.91. The second kappa shape index (κ2) is 8.58. The van der Waals surface area contributed by atoms with Gasteiger partial charge in [0.1, 0.15) is 0 Å². The molecule has 6 heteroatoms. The maximum atomic E-state index is 13.3. The van der Waals surface area contributed by atoms with Crippen molar-refractivity contribution >= 4 is 26.5 Å². The van der Waals surface area contributed by atoms with Crippen LogP contribution in [0.2, 0.25) is 0 Å². The maximum Gasteiger partial charge on any atom is 0.254 e. The molecule has 1 aliphatic rings. The highest BCUT2D eigenvalue weighted by Gasteiger charge is 2.31. The fourth-order valence-electron chi connectivity index (χ4n) is 4.16. The summed E-state index contributed by atoms with van der Waals surface area (Å²) in [5.74, 6) is -0.141. The normalized spacial score (nSPS) is 16.8. The highest BCUT2D eigenvalue weighted by atomic mass is 32.2. The fraction of sp³-hybridized carbons (Fsp3) is 0.292. The molecule has 0 saturated carbocycles. The Bertz CT molecular complexity index is 1150. The van der Waals surface area contributed by atoms with E-state index in [9.17, 15) is 13.2 Å². The number of hydrogen-bond acceptors (Lipinski definition) is 4. The van der Waals surface area contributed by atoms with Gasteiger partial charge in [-0.2, -0.15) is 0 Å². The van der Waals surface area contributed by atoms with Crippen molar-refractivity contribution in [2.75, 3.05) is 26.0 Å². The molecule has 156 valence electrons. The van der Waals surface area contributed by atoms with Crippen molar-refractivity contribution in [2.24, 2.45) is 0 Å². The molecule has 0 aliphatic carbocycles. The van der Waals surface area contributed by atoms with Crippen LogP contribution in [0.15, 0.2) is 71.6 Å². The predicted molar refractivity (Wildman–Crippen MR) is 117 cm³/mol. The number of fused-ring (bicyclic) bond motifs is 1. The fourth-order valence-corrected chi connectivity index (χ4v) is 5.33.